The lowest BCUT2D eigenvalue weighted by atomic mass is 9.98. The molecule has 1 aliphatic carbocycles. The van der Waals surface area contributed by atoms with Gasteiger partial charge in [-0.1, -0.05) is 48.5 Å². The molecule has 1 saturated heterocycles. The number of carboxylic acids is 1. The maximum Gasteiger partial charge on any atom is 0.417 e. The zero-order valence-electron chi connectivity index (χ0n) is 18.6. The molecule has 2 aromatic rings. The summed E-state index contributed by atoms with van der Waals surface area (Å²) in [7, 11) is 1.05. The number of carboxylic acid groups (broad SMARTS) is 1. The predicted molar refractivity (Wildman–Crippen MR) is 117 cm³/mol. The first kappa shape index (κ1) is 24.5. The smallest absolute Gasteiger partial charge is 0.417 e. The van der Waals surface area contributed by atoms with Crippen LogP contribution in [0, 0.1) is 5.92 Å². The molecule has 186 valence electrons. The summed E-state index contributed by atoms with van der Waals surface area (Å²) in [5, 5.41) is 10.9. The highest BCUT2D eigenvalue weighted by molar-refractivity contribution is 5.87. The Balaban J connectivity index is 1.45. The number of rotatable bonds is 6. The fourth-order valence-electron chi connectivity index (χ4n) is 4.57. The van der Waals surface area contributed by atoms with Gasteiger partial charge < -0.3 is 24.8 Å². The van der Waals surface area contributed by atoms with E-state index in [1.165, 1.54) is 0 Å². The normalized spacial score (nSPS) is 20.0. The number of alkyl carbamates (subject to hydrolysis) is 1. The average molecular weight is 492 g/mol. The van der Waals surface area contributed by atoms with E-state index in [0.29, 0.717) is 4.90 Å². The van der Waals surface area contributed by atoms with Gasteiger partial charge in [-0.05, 0) is 22.3 Å². The van der Waals surface area contributed by atoms with E-state index in [2.05, 4.69) is 0 Å². The van der Waals surface area contributed by atoms with Crippen molar-refractivity contribution in [3.8, 4) is 11.1 Å². The summed E-state index contributed by atoms with van der Waals surface area (Å²) in [6.45, 7) is -0.686. The molecule has 0 radical (unpaired) electrons. The number of nitrogens with one attached hydrogen (secondary N) is 1. The SMILES string of the molecule is CN(C(=O)C(NC(=O)OCC1c2ccccc2-c2ccccc21)C(F)(F)F)C1COCC1C(=O)O. The molecule has 0 saturated carbocycles. The number of fused-ring (bicyclic) bond motifs is 3. The number of nitrogens with zero attached hydrogens (tertiary/aromatic N) is 1. The zero-order chi connectivity index (χ0) is 25.3. The molecule has 1 aliphatic heterocycles. The largest absolute Gasteiger partial charge is 0.481 e. The van der Waals surface area contributed by atoms with Crippen molar-refractivity contribution in [2.75, 3.05) is 26.9 Å². The number of amides is 2. The summed E-state index contributed by atoms with van der Waals surface area (Å²) >= 11 is 0. The summed E-state index contributed by atoms with van der Waals surface area (Å²) in [6, 6.07) is 10.9. The molecule has 4 rings (SSSR count). The van der Waals surface area contributed by atoms with Crippen LogP contribution in [0.15, 0.2) is 48.5 Å². The van der Waals surface area contributed by atoms with Gasteiger partial charge in [0.25, 0.3) is 5.91 Å². The van der Waals surface area contributed by atoms with Crippen molar-refractivity contribution < 1.29 is 42.1 Å². The Kier molecular flexibility index (Phi) is 6.70. The summed E-state index contributed by atoms with van der Waals surface area (Å²) in [6.07, 6.45) is -6.54. The highest BCUT2D eigenvalue weighted by Crippen LogP contribution is 2.44. The Morgan fingerprint density at radius 3 is 2.20 bits per heavy atom. The molecule has 2 N–H and O–H groups in total. The second-order valence-electron chi connectivity index (χ2n) is 8.44. The lowest BCUT2D eigenvalue weighted by Gasteiger charge is -2.31. The Morgan fingerprint density at radius 2 is 1.66 bits per heavy atom. The summed E-state index contributed by atoms with van der Waals surface area (Å²) in [4.78, 5) is 37.0. The molecule has 3 unspecified atom stereocenters. The van der Waals surface area contributed by atoms with Crippen LogP contribution in [0.4, 0.5) is 18.0 Å². The minimum atomic E-state index is -5.13. The van der Waals surface area contributed by atoms with Gasteiger partial charge in [-0.15, -0.1) is 0 Å². The van der Waals surface area contributed by atoms with E-state index in [4.69, 9.17) is 9.47 Å². The molecule has 8 nitrogen and oxygen atoms in total. The third-order valence-electron chi connectivity index (χ3n) is 6.39. The zero-order valence-corrected chi connectivity index (χ0v) is 18.6. The quantitative estimate of drug-likeness (QED) is 0.643. The van der Waals surface area contributed by atoms with Crippen LogP contribution in [-0.4, -0.2) is 73.1 Å². The Morgan fingerprint density at radius 1 is 1.09 bits per heavy atom. The number of hydrogen-bond donors (Lipinski definition) is 2. The molecule has 2 aromatic carbocycles. The van der Waals surface area contributed by atoms with Crippen molar-refractivity contribution in [3.63, 3.8) is 0 Å². The molecule has 0 aromatic heterocycles. The summed E-state index contributed by atoms with van der Waals surface area (Å²) in [5.41, 5.74) is 3.67. The van der Waals surface area contributed by atoms with Gasteiger partial charge in [-0.3, -0.25) is 9.59 Å². The second-order valence-corrected chi connectivity index (χ2v) is 8.44. The number of ether oxygens (including phenoxy) is 2. The molecule has 35 heavy (non-hydrogen) atoms. The van der Waals surface area contributed by atoms with Crippen LogP contribution in [0.3, 0.4) is 0 Å². The second kappa shape index (κ2) is 9.57. The highest BCUT2D eigenvalue weighted by Gasteiger charge is 2.50. The Hall–Kier alpha value is -3.60. The van der Waals surface area contributed by atoms with Gasteiger partial charge in [0.1, 0.15) is 12.5 Å². The van der Waals surface area contributed by atoms with Crippen LogP contribution < -0.4 is 5.32 Å². The molecule has 11 heteroatoms. The lowest BCUT2D eigenvalue weighted by molar-refractivity contribution is -0.175. The molecule has 2 amide bonds. The van der Waals surface area contributed by atoms with E-state index in [-0.39, 0.29) is 25.7 Å². The van der Waals surface area contributed by atoms with E-state index in [0.717, 1.165) is 29.3 Å². The molecule has 1 fully saturated rings. The average Bonchev–Trinajstić information content (AvgIpc) is 3.43. The van der Waals surface area contributed by atoms with E-state index >= 15 is 0 Å². The molecule has 3 atom stereocenters. The van der Waals surface area contributed by atoms with Crippen molar-refractivity contribution >= 4 is 18.0 Å². The molecular formula is C24H23F3N2O6. The van der Waals surface area contributed by atoms with E-state index in [1.54, 1.807) is 5.32 Å². The van der Waals surface area contributed by atoms with Gasteiger partial charge in [0, 0.05) is 13.0 Å². The number of hydrogen-bond acceptors (Lipinski definition) is 5. The fraction of sp³-hybridized carbons (Fsp3) is 0.375. The number of aliphatic carboxylic acids is 1. The number of halogens is 3. The number of benzene rings is 2. The molecule has 0 bridgehead atoms. The third kappa shape index (κ3) is 4.81. The Bertz CT molecular complexity index is 1090. The van der Waals surface area contributed by atoms with Gasteiger partial charge in [-0.2, -0.15) is 13.2 Å². The number of likely N-dealkylation sites (N-methyl/N-ethyl adjacent to an activating group) is 1. The van der Waals surface area contributed by atoms with E-state index in [9.17, 15) is 32.7 Å². The summed E-state index contributed by atoms with van der Waals surface area (Å²) < 4.78 is 51.3. The van der Waals surface area contributed by atoms with E-state index in [1.807, 2.05) is 48.5 Å². The summed E-state index contributed by atoms with van der Waals surface area (Å²) in [5.74, 6) is -4.34. The first-order valence-corrected chi connectivity index (χ1v) is 10.8. The molecular weight excluding hydrogens is 469 g/mol. The van der Waals surface area contributed by atoms with Gasteiger partial charge in [-0.25, -0.2) is 4.79 Å². The maximum absolute atomic E-state index is 13.7. The van der Waals surface area contributed by atoms with Crippen LogP contribution >= 0.6 is 0 Å². The minimum absolute atomic E-state index is 0.227. The van der Waals surface area contributed by atoms with Crippen molar-refractivity contribution in [1.82, 2.24) is 10.2 Å². The van der Waals surface area contributed by atoms with Crippen molar-refractivity contribution in [2.24, 2.45) is 5.92 Å². The first-order valence-electron chi connectivity index (χ1n) is 10.8. The van der Waals surface area contributed by atoms with Crippen molar-refractivity contribution in [1.29, 1.82) is 0 Å². The molecule has 0 spiro atoms. The van der Waals surface area contributed by atoms with Crippen LogP contribution in [0.1, 0.15) is 17.0 Å². The monoisotopic (exact) mass is 492 g/mol. The standard InChI is InChI=1S/C24H23F3N2O6/c1-29(19-12-34-10-18(19)22(31)32)21(30)20(24(25,26)27)28-23(33)35-11-17-15-8-4-2-6-13(15)14-7-3-5-9-16(14)17/h2-9,17-20H,10-12H2,1H3,(H,28,33)(H,31,32). The first-order chi connectivity index (χ1) is 16.6. The van der Waals surface area contributed by atoms with Gasteiger partial charge >= 0.3 is 18.2 Å². The fourth-order valence-corrected chi connectivity index (χ4v) is 4.57. The lowest BCUT2D eigenvalue weighted by Crippen LogP contribution is -2.58. The third-order valence-corrected chi connectivity index (χ3v) is 6.39. The highest BCUT2D eigenvalue weighted by atomic mass is 19.4. The van der Waals surface area contributed by atoms with Gasteiger partial charge in [0.2, 0.25) is 6.04 Å². The van der Waals surface area contributed by atoms with Crippen molar-refractivity contribution in [3.05, 3.63) is 59.7 Å². The molecule has 1 heterocycles. The van der Waals surface area contributed by atoms with Gasteiger partial charge in [0.15, 0.2) is 0 Å². The number of carbonyl (C=O) groups excluding carboxylic acids is 2. The topological polar surface area (TPSA) is 105 Å². The van der Waals surface area contributed by atoms with Crippen molar-refractivity contribution in [2.45, 2.75) is 24.2 Å². The van der Waals surface area contributed by atoms with Gasteiger partial charge in [0.05, 0.1) is 19.3 Å². The van der Waals surface area contributed by atoms with E-state index < -0.39 is 42.1 Å². The van der Waals surface area contributed by atoms with Crippen LogP contribution in [-0.2, 0) is 19.1 Å². The maximum atomic E-state index is 13.7. The number of alkyl halides is 3. The number of carbonyl (C=O) groups is 3. The van der Waals surface area contributed by atoms with Crippen LogP contribution in [0.5, 0.6) is 0 Å². The predicted octanol–water partition coefficient (Wildman–Crippen LogP) is 3.01. The minimum Gasteiger partial charge on any atom is -0.481 e. The van der Waals surface area contributed by atoms with Crippen LogP contribution in [0.25, 0.3) is 11.1 Å². The molecule has 2 aliphatic rings. The van der Waals surface area contributed by atoms with Crippen LogP contribution in [0.2, 0.25) is 0 Å². The Labute approximate surface area is 198 Å².